The Morgan fingerprint density at radius 2 is 1.96 bits per heavy atom. The van der Waals surface area contributed by atoms with Gasteiger partial charge in [-0.1, -0.05) is 35.3 Å². The summed E-state index contributed by atoms with van der Waals surface area (Å²) in [7, 11) is 1.42. The summed E-state index contributed by atoms with van der Waals surface area (Å²) < 4.78 is 10.7. The number of hydrogen-bond donors (Lipinski definition) is 1. The van der Waals surface area contributed by atoms with E-state index in [0.29, 0.717) is 11.3 Å². The van der Waals surface area contributed by atoms with Crippen molar-refractivity contribution in [3.8, 4) is 11.5 Å². The van der Waals surface area contributed by atoms with Gasteiger partial charge in [0.2, 0.25) is 0 Å². The van der Waals surface area contributed by atoms with Gasteiger partial charge in [-0.15, -0.1) is 0 Å². The number of ether oxygens (including phenoxy) is 2. The summed E-state index contributed by atoms with van der Waals surface area (Å²) in [6.07, 6.45) is 0. The number of fused-ring (bicyclic) bond motifs is 1. The van der Waals surface area contributed by atoms with Crippen LogP contribution in [0.1, 0.15) is 20.7 Å². The van der Waals surface area contributed by atoms with Gasteiger partial charge in [0.15, 0.2) is 5.78 Å². The molecule has 24 heavy (non-hydrogen) atoms. The minimum absolute atomic E-state index is 0.0607. The molecule has 1 aliphatic rings. The van der Waals surface area contributed by atoms with E-state index in [9.17, 15) is 9.59 Å². The molecular weight excluding hydrogens is 353 g/mol. The van der Waals surface area contributed by atoms with E-state index in [1.807, 2.05) is 0 Å². The predicted molar refractivity (Wildman–Crippen MR) is 90.5 cm³/mol. The minimum Gasteiger partial charge on any atom is -0.496 e. The summed E-state index contributed by atoms with van der Waals surface area (Å²) in [4.78, 5) is 25.0. The topological polar surface area (TPSA) is 64.6 Å². The molecule has 2 aromatic carbocycles. The van der Waals surface area contributed by atoms with Crippen LogP contribution >= 0.6 is 23.2 Å². The zero-order chi connectivity index (χ0) is 17.3. The minimum atomic E-state index is -0.786. The van der Waals surface area contributed by atoms with Gasteiger partial charge in [0.05, 0.1) is 28.3 Å². The van der Waals surface area contributed by atoms with Gasteiger partial charge in [-0.2, -0.15) is 0 Å². The van der Waals surface area contributed by atoms with Gasteiger partial charge in [-0.05, 0) is 18.2 Å². The Morgan fingerprint density at radius 1 is 1.25 bits per heavy atom. The first-order valence-electron chi connectivity index (χ1n) is 7.11. The van der Waals surface area contributed by atoms with Crippen LogP contribution in [-0.4, -0.2) is 31.4 Å². The Morgan fingerprint density at radius 3 is 2.71 bits per heavy atom. The molecule has 0 radical (unpaired) electrons. The van der Waals surface area contributed by atoms with Crippen molar-refractivity contribution in [3.63, 3.8) is 0 Å². The number of nitrogens with one attached hydrogen (secondary N) is 1. The zero-order valence-corrected chi connectivity index (χ0v) is 14.1. The highest BCUT2D eigenvalue weighted by Gasteiger charge is 2.30. The van der Waals surface area contributed by atoms with E-state index in [2.05, 4.69) is 5.32 Å². The van der Waals surface area contributed by atoms with Crippen LogP contribution < -0.4 is 14.8 Å². The van der Waals surface area contributed by atoms with Gasteiger partial charge in [-0.25, -0.2) is 0 Å². The monoisotopic (exact) mass is 365 g/mol. The first kappa shape index (κ1) is 16.6. The number of carbonyl (C=O) groups excluding carboxylic acids is 2. The summed E-state index contributed by atoms with van der Waals surface area (Å²) in [5, 5.41) is 3.15. The lowest BCUT2D eigenvalue weighted by atomic mass is 10.0. The number of halogens is 2. The normalized spacial score (nSPS) is 16.1. The summed E-state index contributed by atoms with van der Waals surface area (Å²) in [5.74, 6) is 0.0857. The van der Waals surface area contributed by atoms with Crippen LogP contribution in [0.3, 0.4) is 0 Å². The fraction of sp³-hybridized carbons (Fsp3) is 0.176. The third-order valence-electron chi connectivity index (χ3n) is 3.67. The zero-order valence-electron chi connectivity index (χ0n) is 12.6. The van der Waals surface area contributed by atoms with Crippen molar-refractivity contribution in [2.24, 2.45) is 0 Å². The first-order chi connectivity index (χ1) is 11.5. The molecule has 3 rings (SSSR count). The maximum absolute atomic E-state index is 12.5. The number of benzene rings is 2. The third kappa shape index (κ3) is 3.05. The molecule has 0 aliphatic carbocycles. The fourth-order valence-electron chi connectivity index (χ4n) is 2.45. The van der Waals surface area contributed by atoms with E-state index >= 15 is 0 Å². The van der Waals surface area contributed by atoms with Crippen molar-refractivity contribution in [2.75, 3.05) is 13.7 Å². The molecule has 0 fully saturated rings. The molecule has 1 unspecified atom stereocenters. The van der Waals surface area contributed by atoms with Gasteiger partial charge in [0.1, 0.15) is 24.1 Å². The maximum atomic E-state index is 12.5. The van der Waals surface area contributed by atoms with Crippen LogP contribution in [0.25, 0.3) is 0 Å². The van der Waals surface area contributed by atoms with E-state index in [4.69, 9.17) is 32.7 Å². The molecule has 124 valence electrons. The standard InChI is InChI=1S/C17H13Cl2NO4/c1-23-15-7-12(19)11(18)6-10(15)17(22)20-13-8-24-14-5-3-2-4-9(14)16(13)21/h2-7,13H,8H2,1H3,(H,20,22). The molecule has 2 aromatic rings. The average molecular weight is 366 g/mol. The van der Waals surface area contributed by atoms with Crippen molar-refractivity contribution in [3.05, 3.63) is 57.6 Å². The molecule has 0 saturated carbocycles. The summed E-state index contributed by atoms with van der Waals surface area (Å²) in [5.41, 5.74) is 0.633. The Kier molecular flexibility index (Phi) is 4.64. The number of amides is 1. The van der Waals surface area contributed by atoms with Crippen molar-refractivity contribution in [1.82, 2.24) is 5.32 Å². The molecule has 1 N–H and O–H groups in total. The molecule has 5 nitrogen and oxygen atoms in total. The quantitative estimate of drug-likeness (QED) is 0.905. The first-order valence-corrected chi connectivity index (χ1v) is 7.86. The lowest BCUT2D eigenvalue weighted by Crippen LogP contribution is -2.47. The summed E-state index contributed by atoms with van der Waals surface area (Å²) in [6, 6.07) is 8.97. The Balaban J connectivity index is 1.84. The number of Topliss-reactive ketones (excluding diaryl/α,β-unsaturated/α-hetero) is 1. The molecule has 0 saturated heterocycles. The number of methoxy groups -OCH3 is 1. The molecular formula is C17H13Cl2NO4. The predicted octanol–water partition coefficient (Wildman–Crippen LogP) is 3.38. The third-order valence-corrected chi connectivity index (χ3v) is 4.39. The van der Waals surface area contributed by atoms with E-state index in [0.717, 1.165) is 0 Å². The van der Waals surface area contributed by atoms with E-state index in [1.54, 1.807) is 24.3 Å². The molecule has 7 heteroatoms. The average Bonchev–Trinajstić information content (AvgIpc) is 2.59. The SMILES string of the molecule is COc1cc(Cl)c(Cl)cc1C(=O)NC1COc2ccccc2C1=O. The van der Waals surface area contributed by atoms with Crippen LogP contribution in [0.4, 0.5) is 0 Å². The highest BCUT2D eigenvalue weighted by Crippen LogP contribution is 2.31. The van der Waals surface area contributed by atoms with E-state index in [1.165, 1.54) is 19.2 Å². The number of hydrogen-bond acceptors (Lipinski definition) is 4. The van der Waals surface area contributed by atoms with E-state index in [-0.39, 0.29) is 33.7 Å². The molecule has 1 atom stereocenters. The molecule has 1 amide bonds. The summed E-state index contributed by atoms with van der Waals surface area (Å²) >= 11 is 11.9. The van der Waals surface area contributed by atoms with Gasteiger partial charge in [-0.3, -0.25) is 9.59 Å². The lowest BCUT2D eigenvalue weighted by Gasteiger charge is -2.25. The second kappa shape index (κ2) is 6.71. The summed E-state index contributed by atoms with van der Waals surface area (Å²) in [6.45, 7) is 0.0607. The lowest BCUT2D eigenvalue weighted by molar-refractivity contribution is 0.0794. The highest BCUT2D eigenvalue weighted by molar-refractivity contribution is 6.42. The Hall–Kier alpha value is -2.24. The van der Waals surface area contributed by atoms with Crippen molar-refractivity contribution >= 4 is 34.9 Å². The number of ketones is 1. The largest absolute Gasteiger partial charge is 0.496 e. The molecule has 0 bridgehead atoms. The molecule has 0 spiro atoms. The number of carbonyl (C=O) groups is 2. The van der Waals surface area contributed by atoms with Crippen LogP contribution in [0.15, 0.2) is 36.4 Å². The Bertz CT molecular complexity index is 822. The van der Waals surface area contributed by atoms with Gasteiger partial charge in [0.25, 0.3) is 5.91 Å². The van der Waals surface area contributed by atoms with Crippen molar-refractivity contribution in [2.45, 2.75) is 6.04 Å². The van der Waals surface area contributed by atoms with Crippen LogP contribution in [0, 0.1) is 0 Å². The maximum Gasteiger partial charge on any atom is 0.255 e. The number of rotatable bonds is 3. The van der Waals surface area contributed by atoms with Crippen molar-refractivity contribution in [1.29, 1.82) is 0 Å². The second-order valence-corrected chi connectivity index (χ2v) is 5.98. The van der Waals surface area contributed by atoms with E-state index < -0.39 is 11.9 Å². The van der Waals surface area contributed by atoms with Crippen LogP contribution in [-0.2, 0) is 0 Å². The van der Waals surface area contributed by atoms with Gasteiger partial charge < -0.3 is 14.8 Å². The second-order valence-electron chi connectivity index (χ2n) is 5.16. The van der Waals surface area contributed by atoms with Crippen molar-refractivity contribution < 1.29 is 19.1 Å². The smallest absolute Gasteiger partial charge is 0.255 e. The Labute approximate surface area is 148 Å². The van der Waals surface area contributed by atoms with Crippen LogP contribution in [0.2, 0.25) is 10.0 Å². The molecule has 1 aliphatic heterocycles. The van der Waals surface area contributed by atoms with Gasteiger partial charge in [0, 0.05) is 6.07 Å². The molecule has 0 aromatic heterocycles. The number of para-hydroxylation sites is 1. The highest BCUT2D eigenvalue weighted by atomic mass is 35.5. The van der Waals surface area contributed by atoms with Crippen LogP contribution in [0.5, 0.6) is 11.5 Å². The van der Waals surface area contributed by atoms with Gasteiger partial charge >= 0.3 is 0 Å². The molecule has 1 heterocycles. The fourth-order valence-corrected chi connectivity index (χ4v) is 2.77.